The number of piperidine rings is 1. The van der Waals surface area contributed by atoms with Crippen molar-refractivity contribution in [1.82, 2.24) is 10.2 Å². The van der Waals surface area contributed by atoms with Crippen LogP contribution < -0.4 is 5.32 Å². The van der Waals surface area contributed by atoms with Crippen LogP contribution in [0, 0.1) is 5.92 Å². The van der Waals surface area contributed by atoms with Crippen molar-refractivity contribution in [3.63, 3.8) is 0 Å². The zero-order valence-electron chi connectivity index (χ0n) is 15.7. The minimum absolute atomic E-state index is 0.00292. The zero-order valence-corrected chi connectivity index (χ0v) is 15.7. The van der Waals surface area contributed by atoms with E-state index < -0.39 is 6.10 Å². The van der Waals surface area contributed by atoms with Gasteiger partial charge in [0, 0.05) is 19.6 Å². The van der Waals surface area contributed by atoms with E-state index >= 15 is 0 Å². The molecule has 142 valence electrons. The van der Waals surface area contributed by atoms with E-state index in [2.05, 4.69) is 23.5 Å². The third kappa shape index (κ3) is 4.16. The number of aryl methyl sites for hydroxylation is 2. The van der Waals surface area contributed by atoms with E-state index in [1.165, 1.54) is 29.5 Å². The van der Waals surface area contributed by atoms with Gasteiger partial charge in [-0.05, 0) is 60.3 Å². The van der Waals surface area contributed by atoms with E-state index in [1.807, 2.05) is 35.2 Å². The molecule has 0 spiro atoms. The zero-order chi connectivity index (χ0) is 18.6. The van der Waals surface area contributed by atoms with Crippen LogP contribution in [0.5, 0.6) is 0 Å². The molecule has 27 heavy (non-hydrogen) atoms. The molecule has 4 heteroatoms. The summed E-state index contributed by atoms with van der Waals surface area (Å²) in [5, 5.41) is 13.6. The van der Waals surface area contributed by atoms with Crippen LogP contribution in [0.4, 0.5) is 4.79 Å². The van der Waals surface area contributed by atoms with Gasteiger partial charge in [-0.2, -0.15) is 0 Å². The number of nitrogens with one attached hydrogen (secondary N) is 1. The summed E-state index contributed by atoms with van der Waals surface area (Å²) in [7, 11) is 0. The van der Waals surface area contributed by atoms with Gasteiger partial charge in [0.25, 0.3) is 0 Å². The predicted octanol–water partition coefficient (Wildman–Crippen LogP) is 3.83. The molecule has 1 atom stereocenters. The monoisotopic (exact) mass is 364 g/mol. The van der Waals surface area contributed by atoms with Crippen molar-refractivity contribution in [1.29, 1.82) is 0 Å². The second kappa shape index (κ2) is 8.13. The molecule has 0 aromatic heterocycles. The van der Waals surface area contributed by atoms with Gasteiger partial charge in [0.15, 0.2) is 0 Å². The Kier molecular flexibility index (Phi) is 5.44. The average Bonchev–Trinajstić information content (AvgIpc) is 3.20. The third-order valence-corrected chi connectivity index (χ3v) is 6.02. The fraction of sp³-hybridized carbons (Fsp3) is 0.435. The fourth-order valence-electron chi connectivity index (χ4n) is 4.37. The van der Waals surface area contributed by atoms with Crippen molar-refractivity contribution in [3.8, 4) is 0 Å². The van der Waals surface area contributed by atoms with Crippen LogP contribution in [-0.4, -0.2) is 29.1 Å². The minimum atomic E-state index is -0.442. The molecule has 2 aliphatic rings. The van der Waals surface area contributed by atoms with Crippen molar-refractivity contribution < 1.29 is 9.90 Å². The maximum absolute atomic E-state index is 12.5. The van der Waals surface area contributed by atoms with Gasteiger partial charge in [-0.15, -0.1) is 0 Å². The number of hydrogen-bond donors (Lipinski definition) is 2. The van der Waals surface area contributed by atoms with Gasteiger partial charge in [-0.25, -0.2) is 4.79 Å². The number of aliphatic hydroxyl groups excluding tert-OH is 1. The van der Waals surface area contributed by atoms with Crippen LogP contribution in [0.1, 0.15) is 47.6 Å². The molecule has 2 amide bonds. The largest absolute Gasteiger partial charge is 0.388 e. The van der Waals surface area contributed by atoms with Crippen LogP contribution in [0.15, 0.2) is 48.5 Å². The summed E-state index contributed by atoms with van der Waals surface area (Å²) in [5.74, 6) is 0.216. The molecule has 0 bridgehead atoms. The highest BCUT2D eigenvalue weighted by Crippen LogP contribution is 2.30. The summed E-state index contributed by atoms with van der Waals surface area (Å²) in [6.07, 6.45) is 4.82. The van der Waals surface area contributed by atoms with Crippen LogP contribution in [-0.2, 0) is 19.4 Å². The molecule has 2 aromatic carbocycles. The first-order valence-corrected chi connectivity index (χ1v) is 10.1. The van der Waals surface area contributed by atoms with E-state index in [0.29, 0.717) is 19.6 Å². The van der Waals surface area contributed by atoms with Crippen molar-refractivity contribution in [2.75, 3.05) is 13.1 Å². The lowest BCUT2D eigenvalue weighted by Crippen LogP contribution is -2.44. The Labute approximate surface area is 161 Å². The average molecular weight is 364 g/mol. The molecule has 2 N–H and O–H groups in total. The summed E-state index contributed by atoms with van der Waals surface area (Å²) in [4.78, 5) is 14.4. The molecular formula is C23H28N2O2. The second-order valence-corrected chi connectivity index (χ2v) is 7.80. The number of urea groups is 1. The number of benzene rings is 2. The molecule has 2 aromatic rings. The maximum Gasteiger partial charge on any atom is 0.317 e. The topological polar surface area (TPSA) is 52.6 Å². The van der Waals surface area contributed by atoms with Crippen LogP contribution in [0.25, 0.3) is 0 Å². The quantitative estimate of drug-likeness (QED) is 0.866. The van der Waals surface area contributed by atoms with Gasteiger partial charge in [0.1, 0.15) is 0 Å². The smallest absolute Gasteiger partial charge is 0.317 e. The molecule has 1 unspecified atom stereocenters. The first-order valence-electron chi connectivity index (χ1n) is 10.1. The molecule has 1 saturated heterocycles. The van der Waals surface area contributed by atoms with E-state index in [4.69, 9.17) is 0 Å². The lowest BCUT2D eigenvalue weighted by molar-refractivity contribution is 0.0665. The summed E-state index contributed by atoms with van der Waals surface area (Å²) in [6.45, 7) is 1.98. The fourth-order valence-corrected chi connectivity index (χ4v) is 4.37. The Morgan fingerprint density at radius 1 is 1.07 bits per heavy atom. The molecule has 0 radical (unpaired) electrons. The van der Waals surface area contributed by atoms with Gasteiger partial charge in [-0.1, -0.05) is 48.5 Å². The number of rotatable bonds is 4. The third-order valence-electron chi connectivity index (χ3n) is 6.02. The lowest BCUT2D eigenvalue weighted by Gasteiger charge is -2.34. The SMILES string of the molecule is O=C(NCc1ccc2c(c1)CCC2)N1CCC(C(O)c2ccccc2)CC1. The van der Waals surface area contributed by atoms with E-state index in [0.717, 1.165) is 24.8 Å². The summed E-state index contributed by atoms with van der Waals surface area (Å²) < 4.78 is 0. The standard InChI is InChI=1S/C23H28N2O2/c26-22(19-5-2-1-3-6-19)20-11-13-25(14-12-20)23(27)24-16-17-9-10-18-7-4-8-21(18)15-17/h1-3,5-6,9-10,15,20,22,26H,4,7-8,11-14,16H2,(H,24,27). The van der Waals surface area contributed by atoms with Crippen molar-refractivity contribution in [3.05, 3.63) is 70.8 Å². The maximum atomic E-state index is 12.5. The number of amides is 2. The minimum Gasteiger partial charge on any atom is -0.388 e. The van der Waals surface area contributed by atoms with Crippen molar-refractivity contribution >= 4 is 6.03 Å². The van der Waals surface area contributed by atoms with Crippen LogP contribution in [0.3, 0.4) is 0 Å². The van der Waals surface area contributed by atoms with Crippen molar-refractivity contribution in [2.24, 2.45) is 5.92 Å². The summed E-state index contributed by atoms with van der Waals surface area (Å²) in [6, 6.07) is 16.4. The Bertz CT molecular complexity index is 782. The molecule has 1 aliphatic carbocycles. The Balaban J connectivity index is 1.26. The van der Waals surface area contributed by atoms with E-state index in [1.54, 1.807) is 0 Å². The molecule has 4 nitrogen and oxygen atoms in total. The number of hydrogen-bond acceptors (Lipinski definition) is 2. The molecule has 0 saturated carbocycles. The first-order chi connectivity index (χ1) is 13.2. The number of likely N-dealkylation sites (tertiary alicyclic amines) is 1. The van der Waals surface area contributed by atoms with Gasteiger partial charge < -0.3 is 15.3 Å². The Morgan fingerprint density at radius 2 is 1.81 bits per heavy atom. The summed E-state index contributed by atoms with van der Waals surface area (Å²) in [5.41, 5.74) is 5.05. The van der Waals surface area contributed by atoms with Gasteiger partial charge in [-0.3, -0.25) is 0 Å². The molecular weight excluding hydrogens is 336 g/mol. The molecule has 4 rings (SSSR count). The number of carbonyl (C=O) groups excluding carboxylic acids is 1. The van der Waals surface area contributed by atoms with Crippen LogP contribution in [0.2, 0.25) is 0 Å². The first kappa shape index (κ1) is 18.1. The highest BCUT2D eigenvalue weighted by Gasteiger charge is 2.28. The normalized spacial score (nSPS) is 18.2. The summed E-state index contributed by atoms with van der Waals surface area (Å²) >= 11 is 0. The predicted molar refractivity (Wildman–Crippen MR) is 106 cm³/mol. The Morgan fingerprint density at radius 3 is 2.59 bits per heavy atom. The van der Waals surface area contributed by atoms with Crippen LogP contribution >= 0.6 is 0 Å². The highest BCUT2D eigenvalue weighted by molar-refractivity contribution is 5.74. The van der Waals surface area contributed by atoms with E-state index in [9.17, 15) is 9.90 Å². The number of aliphatic hydroxyl groups is 1. The number of nitrogens with zero attached hydrogens (tertiary/aromatic N) is 1. The second-order valence-electron chi connectivity index (χ2n) is 7.80. The van der Waals surface area contributed by atoms with Gasteiger partial charge in [0.05, 0.1) is 6.10 Å². The van der Waals surface area contributed by atoms with Gasteiger partial charge in [0.2, 0.25) is 0 Å². The highest BCUT2D eigenvalue weighted by atomic mass is 16.3. The molecule has 1 fully saturated rings. The number of fused-ring (bicyclic) bond motifs is 1. The molecule has 1 heterocycles. The Hall–Kier alpha value is -2.33. The van der Waals surface area contributed by atoms with Crippen molar-refractivity contribution in [2.45, 2.75) is 44.8 Å². The van der Waals surface area contributed by atoms with E-state index in [-0.39, 0.29) is 11.9 Å². The lowest BCUT2D eigenvalue weighted by atomic mass is 9.87. The number of carbonyl (C=O) groups is 1. The van der Waals surface area contributed by atoms with Gasteiger partial charge >= 0.3 is 6.03 Å². The molecule has 1 aliphatic heterocycles.